The van der Waals surface area contributed by atoms with E-state index in [0.29, 0.717) is 31.1 Å². The second kappa shape index (κ2) is 10.8. The summed E-state index contributed by atoms with van der Waals surface area (Å²) in [5, 5.41) is 3.04. The Balaban J connectivity index is 1.50. The molecule has 1 atom stereocenters. The third-order valence-corrected chi connectivity index (χ3v) is 6.75. The monoisotopic (exact) mass is 497 g/mol. The Labute approximate surface area is 215 Å². The van der Waals surface area contributed by atoms with Gasteiger partial charge in [-0.15, -0.1) is 0 Å². The van der Waals surface area contributed by atoms with E-state index >= 15 is 0 Å². The average Bonchev–Trinajstić information content (AvgIpc) is 3.50. The normalized spacial score (nSPS) is 16.3. The Morgan fingerprint density at radius 3 is 2.81 bits per heavy atom. The zero-order chi connectivity index (χ0) is 25.8. The second-order valence-electron chi connectivity index (χ2n) is 9.30. The molecule has 1 aliphatic heterocycles. The van der Waals surface area contributed by atoms with Gasteiger partial charge in [-0.2, -0.15) is 0 Å². The summed E-state index contributed by atoms with van der Waals surface area (Å²) >= 11 is 0. The maximum absolute atomic E-state index is 13.4. The minimum atomic E-state index is -0.289. The highest BCUT2D eigenvalue weighted by Gasteiger charge is 2.27. The molecule has 5 rings (SSSR count). The zero-order valence-corrected chi connectivity index (χ0v) is 20.9. The molecule has 0 saturated carbocycles. The molecule has 190 valence electrons. The lowest BCUT2D eigenvalue weighted by molar-refractivity contribution is -0.126. The van der Waals surface area contributed by atoms with Crippen LogP contribution < -0.4 is 11.1 Å². The Hall–Kier alpha value is -4.24. The first-order chi connectivity index (χ1) is 18.0. The fraction of sp³-hybridized carbons (Fsp3) is 0.286. The van der Waals surface area contributed by atoms with Crippen molar-refractivity contribution in [3.63, 3.8) is 0 Å². The van der Waals surface area contributed by atoms with Crippen LogP contribution in [0.1, 0.15) is 41.2 Å². The minimum absolute atomic E-state index is 0.0385. The lowest BCUT2D eigenvalue weighted by Crippen LogP contribution is -2.34. The summed E-state index contributed by atoms with van der Waals surface area (Å²) in [5.74, 6) is 0.137. The van der Waals surface area contributed by atoms with Crippen LogP contribution >= 0.6 is 0 Å². The van der Waals surface area contributed by atoms with E-state index in [9.17, 15) is 9.59 Å². The number of pyridine rings is 1. The maximum atomic E-state index is 13.4. The molecule has 1 fully saturated rings. The number of carbonyl (C=O) groups is 2. The summed E-state index contributed by atoms with van der Waals surface area (Å²) in [6, 6.07) is 11.6. The number of aryl methyl sites for hydroxylation is 1. The highest BCUT2D eigenvalue weighted by atomic mass is 16.2. The fourth-order valence-corrected chi connectivity index (χ4v) is 4.94. The van der Waals surface area contributed by atoms with Gasteiger partial charge in [0.1, 0.15) is 0 Å². The number of anilines is 1. The summed E-state index contributed by atoms with van der Waals surface area (Å²) in [7, 11) is 0. The van der Waals surface area contributed by atoms with E-state index in [0.717, 1.165) is 41.5 Å². The standard InChI is InChI=1S/C28H31N7O2/c1-20-8-6-10-24-26(20)35(22-9-2-3-15-34(19-22)25(36)11-7-12-29)28(31-24)32-27(37)21-16-23(18-30-17-21)33-13-4-5-14-33/h4-8,10-11,13-14,16-18,22H,2-3,9,12,15,19,29H2,1H3,(H,31,32,37)/b11-7+/t22-/m1/s1. The summed E-state index contributed by atoms with van der Waals surface area (Å²) in [4.78, 5) is 37.1. The van der Waals surface area contributed by atoms with Gasteiger partial charge in [-0.25, -0.2) is 4.98 Å². The summed E-state index contributed by atoms with van der Waals surface area (Å²) in [6.45, 7) is 3.58. The lowest BCUT2D eigenvalue weighted by atomic mass is 10.1. The van der Waals surface area contributed by atoms with Crippen molar-refractivity contribution in [3.05, 3.63) is 84.5 Å². The van der Waals surface area contributed by atoms with Gasteiger partial charge in [0.05, 0.1) is 34.5 Å². The molecule has 9 heteroatoms. The topological polar surface area (TPSA) is 111 Å². The van der Waals surface area contributed by atoms with Gasteiger partial charge in [0.2, 0.25) is 11.9 Å². The maximum Gasteiger partial charge on any atom is 0.259 e. The number of carbonyl (C=O) groups excluding carboxylic acids is 2. The predicted octanol–water partition coefficient (Wildman–Crippen LogP) is 3.85. The van der Waals surface area contributed by atoms with Crippen LogP contribution in [0.15, 0.2) is 73.3 Å². The number of aromatic nitrogens is 4. The van der Waals surface area contributed by atoms with Crippen LogP contribution in [0, 0.1) is 6.92 Å². The molecular formula is C28H31N7O2. The van der Waals surface area contributed by atoms with Gasteiger partial charge in [0, 0.05) is 44.3 Å². The Morgan fingerprint density at radius 2 is 2.00 bits per heavy atom. The van der Waals surface area contributed by atoms with E-state index in [-0.39, 0.29) is 17.9 Å². The minimum Gasteiger partial charge on any atom is -0.337 e. The summed E-state index contributed by atoms with van der Waals surface area (Å²) < 4.78 is 4.00. The van der Waals surface area contributed by atoms with Gasteiger partial charge in [0.25, 0.3) is 5.91 Å². The predicted molar refractivity (Wildman–Crippen MR) is 144 cm³/mol. The number of imidazole rings is 1. The molecule has 1 aromatic carbocycles. The van der Waals surface area contributed by atoms with Crippen LogP contribution in [-0.4, -0.2) is 55.5 Å². The van der Waals surface area contributed by atoms with Crippen LogP contribution in [-0.2, 0) is 4.79 Å². The molecule has 1 saturated heterocycles. The van der Waals surface area contributed by atoms with E-state index in [4.69, 9.17) is 10.7 Å². The van der Waals surface area contributed by atoms with Crippen molar-refractivity contribution in [2.75, 3.05) is 25.0 Å². The lowest BCUT2D eigenvalue weighted by Gasteiger charge is -2.26. The first-order valence-electron chi connectivity index (χ1n) is 12.6. The molecule has 4 heterocycles. The van der Waals surface area contributed by atoms with Crippen molar-refractivity contribution in [1.29, 1.82) is 0 Å². The third kappa shape index (κ3) is 5.17. The Bertz CT molecular complexity index is 1440. The fourth-order valence-electron chi connectivity index (χ4n) is 4.94. The van der Waals surface area contributed by atoms with Crippen molar-refractivity contribution in [2.24, 2.45) is 5.73 Å². The molecule has 2 amide bonds. The van der Waals surface area contributed by atoms with Crippen LogP contribution in [0.2, 0.25) is 0 Å². The number of nitrogens with zero attached hydrogens (tertiary/aromatic N) is 5. The number of fused-ring (bicyclic) bond motifs is 1. The van der Waals surface area contributed by atoms with Crippen molar-refractivity contribution >= 4 is 28.8 Å². The molecule has 0 unspecified atom stereocenters. The quantitative estimate of drug-likeness (QED) is 0.393. The van der Waals surface area contributed by atoms with E-state index in [1.54, 1.807) is 30.6 Å². The average molecular weight is 498 g/mol. The summed E-state index contributed by atoms with van der Waals surface area (Å²) in [6.07, 6.45) is 13.1. The van der Waals surface area contributed by atoms with Gasteiger partial charge in [-0.3, -0.25) is 19.9 Å². The largest absolute Gasteiger partial charge is 0.337 e. The van der Waals surface area contributed by atoms with Gasteiger partial charge in [-0.1, -0.05) is 18.2 Å². The van der Waals surface area contributed by atoms with Crippen molar-refractivity contribution in [2.45, 2.75) is 32.2 Å². The van der Waals surface area contributed by atoms with E-state index in [2.05, 4.69) is 14.9 Å². The molecule has 37 heavy (non-hydrogen) atoms. The number of para-hydroxylation sites is 1. The first kappa shape index (κ1) is 24.5. The second-order valence-corrected chi connectivity index (χ2v) is 9.30. The number of likely N-dealkylation sites (tertiary alicyclic amines) is 1. The van der Waals surface area contributed by atoms with E-state index in [1.165, 1.54) is 0 Å². The summed E-state index contributed by atoms with van der Waals surface area (Å²) in [5.41, 5.74) is 9.62. The van der Waals surface area contributed by atoms with Crippen LogP contribution in [0.4, 0.5) is 5.95 Å². The Kier molecular flexibility index (Phi) is 7.14. The highest BCUT2D eigenvalue weighted by Crippen LogP contribution is 2.32. The number of hydrogen-bond acceptors (Lipinski definition) is 5. The van der Waals surface area contributed by atoms with Crippen molar-refractivity contribution < 1.29 is 9.59 Å². The molecule has 3 aromatic heterocycles. The van der Waals surface area contributed by atoms with E-state index < -0.39 is 0 Å². The molecule has 9 nitrogen and oxygen atoms in total. The number of amides is 2. The van der Waals surface area contributed by atoms with Crippen LogP contribution in [0.5, 0.6) is 0 Å². The number of nitrogens with two attached hydrogens (primary N) is 1. The van der Waals surface area contributed by atoms with Gasteiger partial charge in [0.15, 0.2) is 0 Å². The molecule has 0 spiro atoms. The van der Waals surface area contributed by atoms with Gasteiger partial charge >= 0.3 is 0 Å². The Morgan fingerprint density at radius 1 is 1.16 bits per heavy atom. The third-order valence-electron chi connectivity index (χ3n) is 6.75. The van der Waals surface area contributed by atoms with Crippen LogP contribution in [0.3, 0.4) is 0 Å². The molecule has 3 N–H and O–H groups in total. The molecule has 4 aromatic rings. The highest BCUT2D eigenvalue weighted by molar-refractivity contribution is 6.04. The van der Waals surface area contributed by atoms with Gasteiger partial charge in [-0.05, 0) is 56.0 Å². The van der Waals surface area contributed by atoms with E-state index in [1.807, 2.05) is 59.1 Å². The SMILES string of the molecule is Cc1cccc2nc(NC(=O)c3cncc(-n4cccc4)c3)n([C@@H]3CCCCN(C(=O)/C=C/CN)C3)c12. The van der Waals surface area contributed by atoms with Crippen molar-refractivity contribution in [1.82, 2.24) is 24.0 Å². The number of nitrogens with one attached hydrogen (secondary N) is 1. The molecular weight excluding hydrogens is 466 g/mol. The smallest absolute Gasteiger partial charge is 0.259 e. The molecule has 1 aliphatic rings. The first-order valence-corrected chi connectivity index (χ1v) is 12.6. The number of benzene rings is 1. The number of rotatable bonds is 6. The van der Waals surface area contributed by atoms with Crippen molar-refractivity contribution in [3.8, 4) is 5.69 Å². The molecule has 0 radical (unpaired) electrons. The van der Waals surface area contributed by atoms with Gasteiger partial charge < -0.3 is 19.8 Å². The molecule has 0 bridgehead atoms. The molecule has 0 aliphatic carbocycles. The zero-order valence-electron chi connectivity index (χ0n) is 20.9. The number of hydrogen-bond donors (Lipinski definition) is 2. The van der Waals surface area contributed by atoms with Crippen LogP contribution in [0.25, 0.3) is 16.7 Å².